The lowest BCUT2D eigenvalue weighted by molar-refractivity contribution is -0.671. The van der Waals surface area contributed by atoms with Crippen molar-refractivity contribution in [3.8, 4) is 0 Å². The second-order valence-electron chi connectivity index (χ2n) is 2.77. The van der Waals surface area contributed by atoms with Crippen LogP contribution in [0.2, 0.25) is 0 Å². The van der Waals surface area contributed by atoms with Gasteiger partial charge < -0.3 is 0 Å². The molecule has 0 saturated carbocycles. The fourth-order valence-corrected chi connectivity index (χ4v) is 0.921. The molecule has 0 aromatic carbocycles. The van der Waals surface area contributed by atoms with E-state index in [9.17, 15) is 4.79 Å². The van der Waals surface area contributed by atoms with Crippen LogP contribution in [0.25, 0.3) is 0 Å². The Labute approximate surface area is 66.3 Å². The molecule has 0 N–H and O–H groups in total. The number of carbonyl (C=O) groups is 1. The summed E-state index contributed by atoms with van der Waals surface area (Å²) in [4.78, 5) is 10.6. The van der Waals surface area contributed by atoms with Gasteiger partial charge in [0.1, 0.15) is 18.2 Å². The molecule has 0 unspecified atom stereocenters. The molecule has 0 aliphatic heterocycles. The molecule has 0 amide bonds. The molecule has 0 atom stereocenters. The van der Waals surface area contributed by atoms with Gasteiger partial charge in [0.2, 0.25) is 6.33 Å². The summed E-state index contributed by atoms with van der Waals surface area (Å²) >= 11 is 0. The van der Waals surface area contributed by atoms with Gasteiger partial charge in [0.05, 0.1) is 13.6 Å². The summed E-state index contributed by atoms with van der Waals surface area (Å²) in [6.07, 6.45) is 6.50. The van der Waals surface area contributed by atoms with Gasteiger partial charge in [-0.25, -0.2) is 9.13 Å². The molecule has 1 aromatic rings. The third kappa shape index (κ3) is 2.53. The number of imidazole rings is 1. The van der Waals surface area contributed by atoms with Crippen molar-refractivity contribution in [1.29, 1.82) is 0 Å². The molecule has 0 radical (unpaired) electrons. The van der Waals surface area contributed by atoms with E-state index in [0.717, 1.165) is 6.54 Å². The minimum absolute atomic E-state index is 0.237. The maximum atomic E-state index is 10.6. The zero-order valence-electron chi connectivity index (χ0n) is 6.95. The lowest BCUT2D eigenvalue weighted by atomic mass is 10.3. The number of aryl methyl sites for hydroxylation is 2. The predicted molar refractivity (Wildman–Crippen MR) is 40.9 cm³/mol. The average molecular weight is 153 g/mol. The molecule has 0 aliphatic carbocycles. The zero-order valence-corrected chi connectivity index (χ0v) is 6.95. The Kier molecular flexibility index (Phi) is 2.41. The van der Waals surface area contributed by atoms with Crippen LogP contribution in [0.1, 0.15) is 13.3 Å². The summed E-state index contributed by atoms with van der Waals surface area (Å²) in [5.74, 6) is 0.237. The van der Waals surface area contributed by atoms with Crippen LogP contribution in [0.4, 0.5) is 0 Å². The van der Waals surface area contributed by atoms with Gasteiger partial charge in [-0.2, -0.15) is 0 Å². The van der Waals surface area contributed by atoms with Crippen molar-refractivity contribution in [3.63, 3.8) is 0 Å². The summed E-state index contributed by atoms with van der Waals surface area (Å²) in [5.41, 5.74) is 0. The Balaban J connectivity index is 2.45. The van der Waals surface area contributed by atoms with Crippen molar-refractivity contribution in [1.82, 2.24) is 4.57 Å². The van der Waals surface area contributed by atoms with Crippen molar-refractivity contribution in [3.05, 3.63) is 18.7 Å². The minimum Gasteiger partial charge on any atom is -0.300 e. The highest BCUT2D eigenvalue weighted by atomic mass is 16.1. The quantitative estimate of drug-likeness (QED) is 0.573. The average Bonchev–Trinajstić information content (AvgIpc) is 2.31. The first-order chi connectivity index (χ1) is 5.18. The van der Waals surface area contributed by atoms with Gasteiger partial charge in [-0.15, -0.1) is 0 Å². The SMILES string of the molecule is CC(=O)CCn1cc[n+](C)c1. The summed E-state index contributed by atoms with van der Waals surface area (Å²) in [5, 5.41) is 0. The van der Waals surface area contributed by atoms with Gasteiger partial charge in [0.25, 0.3) is 0 Å². The number of carbonyl (C=O) groups excluding carboxylic acids is 1. The Morgan fingerprint density at radius 3 is 2.82 bits per heavy atom. The largest absolute Gasteiger partial charge is 0.300 e. The molecule has 0 aliphatic rings. The molecule has 3 heteroatoms. The first-order valence-electron chi connectivity index (χ1n) is 3.69. The first kappa shape index (κ1) is 7.98. The fourth-order valence-electron chi connectivity index (χ4n) is 0.921. The number of ketones is 1. The molecule has 1 heterocycles. The van der Waals surface area contributed by atoms with Gasteiger partial charge in [-0.1, -0.05) is 0 Å². The minimum atomic E-state index is 0.237. The standard InChI is InChI=1S/C8H13N2O/c1-8(11)3-4-10-6-5-9(2)7-10/h5-7H,3-4H2,1-2H3/q+1. The van der Waals surface area contributed by atoms with Crippen LogP contribution < -0.4 is 4.57 Å². The van der Waals surface area contributed by atoms with Crippen LogP contribution in [-0.4, -0.2) is 10.4 Å². The van der Waals surface area contributed by atoms with E-state index in [1.54, 1.807) is 6.92 Å². The number of hydrogen-bond donors (Lipinski definition) is 0. The van der Waals surface area contributed by atoms with Gasteiger partial charge >= 0.3 is 0 Å². The monoisotopic (exact) mass is 153 g/mol. The van der Waals surface area contributed by atoms with Crippen LogP contribution >= 0.6 is 0 Å². The smallest absolute Gasteiger partial charge is 0.243 e. The Bertz CT molecular complexity index is 252. The Morgan fingerprint density at radius 1 is 1.64 bits per heavy atom. The molecule has 1 aromatic heterocycles. The third-order valence-electron chi connectivity index (χ3n) is 1.55. The summed E-state index contributed by atoms with van der Waals surface area (Å²) in [7, 11) is 1.96. The van der Waals surface area contributed by atoms with Crippen molar-refractivity contribution in [2.24, 2.45) is 7.05 Å². The van der Waals surface area contributed by atoms with Crippen molar-refractivity contribution in [2.45, 2.75) is 19.9 Å². The molecule has 11 heavy (non-hydrogen) atoms. The number of Topliss-reactive ketones (excluding diaryl/α,β-unsaturated/α-hetero) is 1. The number of aromatic nitrogens is 2. The molecule has 0 fully saturated rings. The highest BCUT2D eigenvalue weighted by Crippen LogP contribution is 1.89. The van der Waals surface area contributed by atoms with E-state index < -0.39 is 0 Å². The molecular formula is C8H13N2O+. The Morgan fingerprint density at radius 2 is 2.36 bits per heavy atom. The fraction of sp³-hybridized carbons (Fsp3) is 0.500. The van der Waals surface area contributed by atoms with E-state index in [1.807, 2.05) is 34.9 Å². The molecule has 0 spiro atoms. The molecule has 0 bridgehead atoms. The maximum Gasteiger partial charge on any atom is 0.243 e. The zero-order chi connectivity index (χ0) is 8.27. The van der Waals surface area contributed by atoms with E-state index in [0.29, 0.717) is 6.42 Å². The summed E-state index contributed by atoms with van der Waals surface area (Å²) in [6.45, 7) is 2.40. The van der Waals surface area contributed by atoms with Crippen LogP contribution in [-0.2, 0) is 18.4 Å². The van der Waals surface area contributed by atoms with E-state index in [4.69, 9.17) is 0 Å². The molecular weight excluding hydrogens is 140 g/mol. The van der Waals surface area contributed by atoms with Gasteiger partial charge in [-0.3, -0.25) is 4.79 Å². The van der Waals surface area contributed by atoms with Crippen molar-refractivity contribution < 1.29 is 9.36 Å². The number of hydrogen-bond acceptors (Lipinski definition) is 1. The van der Waals surface area contributed by atoms with E-state index >= 15 is 0 Å². The van der Waals surface area contributed by atoms with Crippen LogP contribution in [0.15, 0.2) is 18.7 Å². The molecule has 60 valence electrons. The first-order valence-corrected chi connectivity index (χ1v) is 3.69. The number of nitrogens with zero attached hydrogens (tertiary/aromatic N) is 2. The molecule has 0 saturated heterocycles. The van der Waals surface area contributed by atoms with Gasteiger partial charge in [-0.05, 0) is 6.92 Å². The van der Waals surface area contributed by atoms with E-state index in [2.05, 4.69) is 0 Å². The molecule has 3 nitrogen and oxygen atoms in total. The number of rotatable bonds is 3. The van der Waals surface area contributed by atoms with E-state index in [-0.39, 0.29) is 5.78 Å². The second kappa shape index (κ2) is 3.32. The highest BCUT2D eigenvalue weighted by Gasteiger charge is 2.00. The van der Waals surface area contributed by atoms with Crippen molar-refractivity contribution in [2.75, 3.05) is 0 Å². The second-order valence-corrected chi connectivity index (χ2v) is 2.77. The normalized spacial score (nSPS) is 10.0. The van der Waals surface area contributed by atoms with Crippen molar-refractivity contribution >= 4 is 5.78 Å². The van der Waals surface area contributed by atoms with Crippen LogP contribution in [0, 0.1) is 0 Å². The van der Waals surface area contributed by atoms with Gasteiger partial charge in [0.15, 0.2) is 0 Å². The van der Waals surface area contributed by atoms with E-state index in [1.165, 1.54) is 0 Å². The topological polar surface area (TPSA) is 25.9 Å². The van der Waals surface area contributed by atoms with Crippen LogP contribution in [0.3, 0.4) is 0 Å². The summed E-state index contributed by atoms with van der Waals surface area (Å²) in [6, 6.07) is 0. The predicted octanol–water partition coefficient (Wildman–Crippen LogP) is 0.292. The van der Waals surface area contributed by atoms with Gasteiger partial charge in [0, 0.05) is 6.42 Å². The molecule has 1 rings (SSSR count). The van der Waals surface area contributed by atoms with Crippen LogP contribution in [0.5, 0.6) is 0 Å². The lowest BCUT2D eigenvalue weighted by Crippen LogP contribution is -2.23. The maximum absolute atomic E-state index is 10.6. The lowest BCUT2D eigenvalue weighted by Gasteiger charge is -1.90. The Hall–Kier alpha value is -1.12. The highest BCUT2D eigenvalue weighted by molar-refractivity contribution is 5.75. The third-order valence-corrected chi connectivity index (χ3v) is 1.55. The summed E-state index contributed by atoms with van der Waals surface area (Å²) < 4.78 is 3.96.